The van der Waals surface area contributed by atoms with E-state index >= 15 is 0 Å². The first-order valence-corrected chi connectivity index (χ1v) is 10.9. The minimum absolute atomic E-state index is 0.147. The molecular formula is C24H20F2N4OS. The molecule has 0 saturated heterocycles. The Morgan fingerprint density at radius 1 is 0.906 bits per heavy atom. The number of nitrogens with one attached hydrogen (secondary N) is 1. The van der Waals surface area contributed by atoms with Gasteiger partial charge in [-0.15, -0.1) is 10.2 Å². The van der Waals surface area contributed by atoms with Crippen molar-refractivity contribution in [2.75, 3.05) is 0 Å². The van der Waals surface area contributed by atoms with E-state index in [9.17, 15) is 13.6 Å². The molecule has 32 heavy (non-hydrogen) atoms. The van der Waals surface area contributed by atoms with Crippen LogP contribution >= 0.6 is 11.8 Å². The number of hydrogen-bond acceptors (Lipinski definition) is 4. The highest BCUT2D eigenvalue weighted by Crippen LogP contribution is 2.25. The maximum atomic E-state index is 13.2. The van der Waals surface area contributed by atoms with Crippen molar-refractivity contribution in [3.63, 3.8) is 0 Å². The van der Waals surface area contributed by atoms with Gasteiger partial charge in [-0.2, -0.15) is 0 Å². The Labute approximate surface area is 188 Å². The van der Waals surface area contributed by atoms with Crippen molar-refractivity contribution in [1.82, 2.24) is 20.1 Å². The summed E-state index contributed by atoms with van der Waals surface area (Å²) < 4.78 is 28.2. The van der Waals surface area contributed by atoms with Crippen LogP contribution < -0.4 is 5.32 Å². The van der Waals surface area contributed by atoms with E-state index in [-0.39, 0.29) is 18.3 Å². The van der Waals surface area contributed by atoms with Gasteiger partial charge in [-0.25, -0.2) is 8.78 Å². The summed E-state index contributed by atoms with van der Waals surface area (Å²) in [5.74, 6) is 0.144. The lowest BCUT2D eigenvalue weighted by atomic mass is 10.2. The molecule has 0 radical (unpaired) electrons. The number of aryl methyl sites for hydroxylation is 1. The van der Waals surface area contributed by atoms with Gasteiger partial charge in [0.05, 0.1) is 6.54 Å². The first-order valence-electron chi connectivity index (χ1n) is 9.92. The van der Waals surface area contributed by atoms with Crippen LogP contribution in [0.25, 0.3) is 5.69 Å². The Kier molecular flexibility index (Phi) is 6.61. The van der Waals surface area contributed by atoms with Crippen molar-refractivity contribution in [3.05, 3.63) is 107 Å². The van der Waals surface area contributed by atoms with Crippen LogP contribution in [-0.2, 0) is 12.3 Å². The summed E-state index contributed by atoms with van der Waals surface area (Å²) in [5, 5.41) is 12.1. The second-order valence-electron chi connectivity index (χ2n) is 7.17. The molecule has 4 rings (SSSR count). The zero-order valence-electron chi connectivity index (χ0n) is 17.3. The quantitative estimate of drug-likeness (QED) is 0.399. The smallest absolute Gasteiger partial charge is 0.251 e. The number of benzene rings is 3. The van der Waals surface area contributed by atoms with Gasteiger partial charge in [-0.3, -0.25) is 9.36 Å². The maximum Gasteiger partial charge on any atom is 0.251 e. The van der Waals surface area contributed by atoms with E-state index in [2.05, 4.69) is 15.5 Å². The van der Waals surface area contributed by atoms with E-state index in [1.54, 1.807) is 12.1 Å². The van der Waals surface area contributed by atoms with E-state index in [4.69, 9.17) is 0 Å². The molecule has 4 aromatic rings. The molecular weight excluding hydrogens is 430 g/mol. The highest BCUT2D eigenvalue weighted by molar-refractivity contribution is 7.98. The van der Waals surface area contributed by atoms with E-state index in [0.717, 1.165) is 16.8 Å². The third-order valence-electron chi connectivity index (χ3n) is 4.79. The second kappa shape index (κ2) is 9.74. The Hall–Kier alpha value is -3.52. The molecule has 0 bridgehead atoms. The molecule has 1 aromatic heterocycles. The molecule has 1 N–H and O–H groups in total. The lowest BCUT2D eigenvalue weighted by molar-refractivity contribution is 0.0949. The van der Waals surface area contributed by atoms with Gasteiger partial charge >= 0.3 is 0 Å². The summed E-state index contributed by atoms with van der Waals surface area (Å²) in [4.78, 5) is 12.4. The molecule has 5 nitrogen and oxygen atoms in total. The van der Waals surface area contributed by atoms with Crippen LogP contribution in [0.3, 0.4) is 0 Å². The van der Waals surface area contributed by atoms with Crippen LogP contribution in [0.15, 0.2) is 78.0 Å². The standard InChI is InChI=1S/C24H20F2N4OS/c1-16-2-12-21(13-3-16)30-22(14-27-23(31)18-6-10-20(26)11-7-18)28-29-24(30)32-15-17-4-8-19(25)9-5-17/h2-13H,14-15H2,1H3,(H,27,31). The van der Waals surface area contributed by atoms with Crippen LogP contribution in [0.4, 0.5) is 8.78 Å². The number of carbonyl (C=O) groups is 1. The summed E-state index contributed by atoms with van der Waals surface area (Å²) in [6, 6.07) is 19.6. The largest absolute Gasteiger partial charge is 0.345 e. The lowest BCUT2D eigenvalue weighted by Crippen LogP contribution is -2.24. The molecule has 0 saturated carbocycles. The molecule has 8 heteroatoms. The molecule has 0 aliphatic rings. The molecule has 1 amide bonds. The molecule has 0 aliphatic carbocycles. The summed E-state index contributed by atoms with van der Waals surface area (Å²) in [5.41, 5.74) is 3.31. The van der Waals surface area contributed by atoms with Gasteiger partial charge < -0.3 is 5.32 Å². The van der Waals surface area contributed by atoms with Gasteiger partial charge in [-0.05, 0) is 61.0 Å². The fraction of sp³-hybridized carbons (Fsp3) is 0.125. The van der Waals surface area contributed by atoms with Crippen LogP contribution in [0, 0.1) is 18.6 Å². The number of hydrogen-bond donors (Lipinski definition) is 1. The van der Waals surface area contributed by atoms with Crippen LogP contribution in [0.1, 0.15) is 27.3 Å². The van der Waals surface area contributed by atoms with E-state index < -0.39 is 5.82 Å². The van der Waals surface area contributed by atoms with E-state index in [1.165, 1.54) is 48.2 Å². The summed E-state index contributed by atoms with van der Waals surface area (Å²) in [6.07, 6.45) is 0. The first kappa shape index (κ1) is 21.7. The fourth-order valence-electron chi connectivity index (χ4n) is 3.05. The van der Waals surface area contributed by atoms with Gasteiger partial charge in [0.15, 0.2) is 11.0 Å². The molecule has 162 valence electrons. The first-order chi connectivity index (χ1) is 15.5. The van der Waals surface area contributed by atoms with Crippen molar-refractivity contribution in [2.24, 2.45) is 0 Å². The van der Waals surface area contributed by atoms with Gasteiger partial charge in [0.1, 0.15) is 11.6 Å². The highest BCUT2D eigenvalue weighted by atomic mass is 32.2. The Morgan fingerprint density at radius 2 is 1.53 bits per heavy atom. The lowest BCUT2D eigenvalue weighted by Gasteiger charge is -2.11. The van der Waals surface area contributed by atoms with Gasteiger partial charge in [0, 0.05) is 17.0 Å². The molecule has 1 heterocycles. The minimum Gasteiger partial charge on any atom is -0.345 e. The van der Waals surface area contributed by atoms with Crippen LogP contribution in [0.2, 0.25) is 0 Å². The minimum atomic E-state index is -0.400. The average Bonchev–Trinajstić information content (AvgIpc) is 3.21. The molecule has 0 unspecified atom stereocenters. The number of amides is 1. The van der Waals surface area contributed by atoms with Crippen LogP contribution in [0.5, 0.6) is 0 Å². The monoisotopic (exact) mass is 450 g/mol. The van der Waals surface area contributed by atoms with Crippen molar-refractivity contribution in [2.45, 2.75) is 24.4 Å². The number of nitrogens with zero attached hydrogens (tertiary/aromatic N) is 3. The third kappa shape index (κ3) is 5.20. The molecule has 0 spiro atoms. The maximum absolute atomic E-state index is 13.2. The van der Waals surface area contributed by atoms with Crippen molar-refractivity contribution < 1.29 is 13.6 Å². The predicted molar refractivity (Wildman–Crippen MR) is 120 cm³/mol. The zero-order valence-corrected chi connectivity index (χ0v) is 18.1. The number of carbonyl (C=O) groups excluding carboxylic acids is 1. The normalized spacial score (nSPS) is 10.8. The van der Waals surface area contributed by atoms with Gasteiger partial charge in [0.2, 0.25) is 0 Å². The Bertz CT molecular complexity index is 1210. The van der Waals surface area contributed by atoms with Crippen molar-refractivity contribution in [1.29, 1.82) is 0 Å². The number of aromatic nitrogens is 3. The number of rotatable bonds is 7. The molecule has 3 aromatic carbocycles. The average molecular weight is 451 g/mol. The van der Waals surface area contributed by atoms with Crippen molar-refractivity contribution >= 4 is 17.7 Å². The summed E-state index contributed by atoms with van der Waals surface area (Å²) in [7, 11) is 0. The summed E-state index contributed by atoms with van der Waals surface area (Å²) >= 11 is 1.47. The Morgan fingerprint density at radius 3 is 2.19 bits per heavy atom. The highest BCUT2D eigenvalue weighted by Gasteiger charge is 2.16. The number of halogens is 2. The van der Waals surface area contributed by atoms with Crippen LogP contribution in [-0.4, -0.2) is 20.7 Å². The molecule has 0 atom stereocenters. The molecule has 0 aliphatic heterocycles. The Balaban J connectivity index is 1.55. The SMILES string of the molecule is Cc1ccc(-n2c(CNC(=O)c3ccc(F)cc3)nnc2SCc2ccc(F)cc2)cc1. The second-order valence-corrected chi connectivity index (χ2v) is 8.12. The van der Waals surface area contributed by atoms with Crippen molar-refractivity contribution in [3.8, 4) is 5.69 Å². The van der Waals surface area contributed by atoms with E-state index in [1.807, 2.05) is 35.8 Å². The van der Waals surface area contributed by atoms with Gasteiger partial charge in [-0.1, -0.05) is 41.6 Å². The van der Waals surface area contributed by atoms with Gasteiger partial charge in [0.25, 0.3) is 5.91 Å². The topological polar surface area (TPSA) is 59.8 Å². The zero-order chi connectivity index (χ0) is 22.5. The van der Waals surface area contributed by atoms with E-state index in [0.29, 0.717) is 22.3 Å². The predicted octanol–water partition coefficient (Wildman–Crippen LogP) is 5.08. The molecule has 0 fully saturated rings. The third-order valence-corrected chi connectivity index (χ3v) is 5.79. The fourth-order valence-corrected chi connectivity index (χ4v) is 3.98. The number of thioether (sulfide) groups is 1. The summed E-state index contributed by atoms with van der Waals surface area (Å²) in [6.45, 7) is 2.15.